The van der Waals surface area contributed by atoms with Gasteiger partial charge in [-0.1, -0.05) is 127 Å². The highest BCUT2D eigenvalue weighted by Crippen LogP contribution is 2.40. The van der Waals surface area contributed by atoms with Gasteiger partial charge in [0.05, 0.1) is 6.61 Å². The van der Waals surface area contributed by atoms with Crippen molar-refractivity contribution in [1.82, 2.24) is 0 Å². The highest BCUT2D eigenvalue weighted by atomic mass is 127. The zero-order valence-corrected chi connectivity index (χ0v) is 18.9. The molecule has 3 rings (SSSR count). The number of hydrogen-bond donors (Lipinski definition) is 0. The Morgan fingerprint density at radius 2 is 1.07 bits per heavy atom. The molecule has 0 N–H and O–H groups in total. The quantitative estimate of drug-likeness (QED) is 0.179. The summed E-state index contributed by atoms with van der Waals surface area (Å²) in [6.07, 6.45) is 1.18. The summed E-state index contributed by atoms with van der Waals surface area (Å²) in [6, 6.07) is 31.9. The summed E-state index contributed by atoms with van der Waals surface area (Å²) in [5.41, 5.74) is 2.90. The third kappa shape index (κ3) is 4.84. The Hall–Kier alpha value is -1.65. The molecule has 0 saturated carbocycles. The summed E-state index contributed by atoms with van der Waals surface area (Å²) >= 11 is 2.48. The summed E-state index contributed by atoms with van der Waals surface area (Å²) in [5.74, 6) is 1.21. The van der Waals surface area contributed by atoms with Crippen LogP contribution in [0.4, 0.5) is 0 Å². The van der Waals surface area contributed by atoms with Gasteiger partial charge in [0, 0.05) is 4.43 Å². The van der Waals surface area contributed by atoms with Gasteiger partial charge in [-0.2, -0.15) is 0 Å². The molecule has 2 heteroatoms. The maximum absolute atomic E-state index is 6.89. The average molecular weight is 484 g/mol. The first-order chi connectivity index (χ1) is 13.7. The van der Waals surface area contributed by atoms with E-state index < -0.39 is 5.60 Å². The molecular weight excluding hydrogens is 455 g/mol. The normalized spacial score (nSPS) is 13.8. The van der Waals surface area contributed by atoms with Crippen LogP contribution >= 0.6 is 22.6 Å². The number of ether oxygens (including phenoxy) is 1. The molecule has 0 aromatic heterocycles. The molecule has 0 heterocycles. The monoisotopic (exact) mass is 484 g/mol. The number of hydrogen-bond acceptors (Lipinski definition) is 1. The summed E-state index contributed by atoms with van der Waals surface area (Å²) in [7, 11) is 0. The van der Waals surface area contributed by atoms with Gasteiger partial charge in [0.25, 0.3) is 0 Å². The van der Waals surface area contributed by atoms with Crippen molar-refractivity contribution in [1.29, 1.82) is 0 Å². The third-order valence-electron chi connectivity index (χ3n) is 5.19. The van der Waals surface area contributed by atoms with Gasteiger partial charge in [0.2, 0.25) is 0 Å². The minimum atomic E-state index is -0.606. The standard InChI is InChI=1S/C26H29IO/c1-21(19-27)18-22(2)20-28-26(23-12-6-3-7-13-23,24-14-8-4-9-15-24)25-16-10-5-11-17-25/h3-17,21-22H,18-20H2,1-2H3/t21-,22+/m0/s1. The molecule has 3 aromatic carbocycles. The van der Waals surface area contributed by atoms with E-state index in [0.29, 0.717) is 11.8 Å². The molecule has 0 spiro atoms. The van der Waals surface area contributed by atoms with Crippen molar-refractivity contribution in [2.24, 2.45) is 11.8 Å². The van der Waals surface area contributed by atoms with Crippen molar-refractivity contribution < 1.29 is 4.74 Å². The molecule has 0 aliphatic rings. The first-order valence-electron chi connectivity index (χ1n) is 10.0. The number of alkyl halides is 1. The van der Waals surface area contributed by atoms with Crippen LogP contribution in [0.1, 0.15) is 37.0 Å². The molecule has 1 nitrogen and oxygen atoms in total. The van der Waals surface area contributed by atoms with Crippen molar-refractivity contribution in [2.75, 3.05) is 11.0 Å². The highest BCUT2D eigenvalue weighted by Gasteiger charge is 2.37. The fourth-order valence-electron chi connectivity index (χ4n) is 3.85. The maximum atomic E-state index is 6.89. The van der Waals surface area contributed by atoms with E-state index in [2.05, 4.69) is 127 Å². The van der Waals surface area contributed by atoms with E-state index >= 15 is 0 Å². The molecule has 0 radical (unpaired) electrons. The molecule has 0 aliphatic carbocycles. The largest absolute Gasteiger partial charge is 0.361 e. The zero-order valence-electron chi connectivity index (χ0n) is 16.7. The van der Waals surface area contributed by atoms with Gasteiger partial charge in [0.1, 0.15) is 5.60 Å². The van der Waals surface area contributed by atoms with Crippen LogP contribution in [0.2, 0.25) is 0 Å². The summed E-state index contributed by atoms with van der Waals surface area (Å²) < 4.78 is 8.08. The van der Waals surface area contributed by atoms with Crippen molar-refractivity contribution in [3.63, 3.8) is 0 Å². The smallest absolute Gasteiger partial charge is 0.143 e. The molecular formula is C26H29IO. The lowest BCUT2D eigenvalue weighted by Crippen LogP contribution is -2.34. The van der Waals surface area contributed by atoms with Crippen LogP contribution in [0.5, 0.6) is 0 Å². The summed E-state index contributed by atoms with van der Waals surface area (Å²) in [6.45, 7) is 5.34. The Labute approximate surface area is 183 Å². The summed E-state index contributed by atoms with van der Waals surface area (Å²) in [5, 5.41) is 0. The number of rotatable bonds is 9. The Bertz CT molecular complexity index is 720. The molecule has 0 amide bonds. The number of benzene rings is 3. The zero-order chi connectivity index (χ0) is 19.8. The predicted octanol–water partition coefficient (Wildman–Crippen LogP) is 7.09. The van der Waals surface area contributed by atoms with Gasteiger partial charge in [0.15, 0.2) is 0 Å². The molecule has 0 unspecified atom stereocenters. The lowest BCUT2D eigenvalue weighted by molar-refractivity contribution is -0.00824. The van der Waals surface area contributed by atoms with E-state index in [9.17, 15) is 0 Å². The molecule has 146 valence electrons. The van der Waals surface area contributed by atoms with Gasteiger partial charge < -0.3 is 4.74 Å². The second-order valence-corrected chi connectivity index (χ2v) is 8.57. The van der Waals surface area contributed by atoms with E-state index in [-0.39, 0.29) is 0 Å². The first-order valence-corrected chi connectivity index (χ1v) is 11.6. The molecule has 3 aromatic rings. The molecule has 2 atom stereocenters. The Kier molecular flexibility index (Phi) is 7.69. The topological polar surface area (TPSA) is 9.23 Å². The van der Waals surface area contributed by atoms with Gasteiger partial charge in [-0.3, -0.25) is 0 Å². The first kappa shape index (κ1) is 21.1. The SMILES string of the molecule is C[C@H](CI)C[C@@H](C)COC(c1ccccc1)(c1ccccc1)c1ccccc1. The number of halogens is 1. The van der Waals surface area contributed by atoms with Gasteiger partial charge in [-0.15, -0.1) is 0 Å². The predicted molar refractivity (Wildman–Crippen MR) is 127 cm³/mol. The van der Waals surface area contributed by atoms with Crippen LogP contribution in [0.15, 0.2) is 91.0 Å². The minimum Gasteiger partial charge on any atom is -0.361 e. The van der Waals surface area contributed by atoms with Crippen molar-refractivity contribution in [3.05, 3.63) is 108 Å². The maximum Gasteiger partial charge on any atom is 0.143 e. The lowest BCUT2D eigenvalue weighted by Gasteiger charge is -2.37. The minimum absolute atomic E-state index is 0.500. The van der Waals surface area contributed by atoms with Crippen LogP contribution in [-0.4, -0.2) is 11.0 Å². The van der Waals surface area contributed by atoms with E-state index in [1.807, 2.05) is 0 Å². The fraction of sp³-hybridized carbons (Fsp3) is 0.308. The lowest BCUT2D eigenvalue weighted by atomic mass is 9.80. The second-order valence-electron chi connectivity index (χ2n) is 7.69. The van der Waals surface area contributed by atoms with Crippen LogP contribution in [0.25, 0.3) is 0 Å². The van der Waals surface area contributed by atoms with Gasteiger partial charge in [-0.25, -0.2) is 0 Å². The van der Waals surface area contributed by atoms with Crippen LogP contribution < -0.4 is 0 Å². The fourth-order valence-corrected chi connectivity index (χ4v) is 4.21. The Morgan fingerprint density at radius 1 is 0.679 bits per heavy atom. The second kappa shape index (κ2) is 10.2. The van der Waals surface area contributed by atoms with Crippen molar-refractivity contribution in [2.45, 2.75) is 25.9 Å². The third-order valence-corrected chi connectivity index (χ3v) is 6.70. The van der Waals surface area contributed by atoms with E-state index in [1.54, 1.807) is 0 Å². The molecule has 28 heavy (non-hydrogen) atoms. The Morgan fingerprint density at radius 3 is 1.43 bits per heavy atom. The van der Waals surface area contributed by atoms with Gasteiger partial charge in [-0.05, 0) is 34.9 Å². The molecule has 0 aliphatic heterocycles. The van der Waals surface area contributed by atoms with Crippen molar-refractivity contribution >= 4 is 22.6 Å². The van der Waals surface area contributed by atoms with E-state index in [4.69, 9.17) is 4.74 Å². The molecule has 0 saturated heterocycles. The van der Waals surface area contributed by atoms with Crippen molar-refractivity contribution in [3.8, 4) is 0 Å². The average Bonchev–Trinajstić information content (AvgIpc) is 2.76. The highest BCUT2D eigenvalue weighted by molar-refractivity contribution is 14.1. The molecule has 0 fully saturated rings. The van der Waals surface area contributed by atoms with Gasteiger partial charge >= 0.3 is 0 Å². The van der Waals surface area contributed by atoms with Crippen LogP contribution in [0, 0.1) is 11.8 Å². The van der Waals surface area contributed by atoms with E-state index in [1.165, 1.54) is 27.5 Å². The Balaban J connectivity index is 2.06. The van der Waals surface area contributed by atoms with Crippen LogP contribution in [-0.2, 0) is 10.3 Å². The summed E-state index contributed by atoms with van der Waals surface area (Å²) in [4.78, 5) is 0. The molecule has 0 bridgehead atoms. The van der Waals surface area contributed by atoms with Crippen LogP contribution in [0.3, 0.4) is 0 Å². The van der Waals surface area contributed by atoms with E-state index in [0.717, 1.165) is 6.61 Å².